The smallest absolute Gasteiger partial charge is 0.0200 e. The van der Waals surface area contributed by atoms with Gasteiger partial charge in [0.2, 0.25) is 0 Å². The number of likely N-dealkylation sites (tertiary alicyclic amines) is 1. The first kappa shape index (κ1) is 11.4. The highest BCUT2D eigenvalue weighted by molar-refractivity contribution is 4.90. The molecule has 1 N–H and O–H groups in total. The Morgan fingerprint density at radius 2 is 1.93 bits per heavy atom. The van der Waals surface area contributed by atoms with Gasteiger partial charge in [0.25, 0.3) is 0 Å². The van der Waals surface area contributed by atoms with E-state index in [0.29, 0.717) is 0 Å². The van der Waals surface area contributed by atoms with Crippen LogP contribution in [0.4, 0.5) is 0 Å². The standard InChI is InChI=1S/C13H26N2/c1-4-15-8-11(10(2)3)7-13(9-15)14-12-5-6-12/h10-14H,4-9H2,1-3H3. The van der Waals surface area contributed by atoms with Gasteiger partial charge >= 0.3 is 0 Å². The lowest BCUT2D eigenvalue weighted by Gasteiger charge is -2.39. The van der Waals surface area contributed by atoms with Crippen LogP contribution in [-0.2, 0) is 0 Å². The Hall–Kier alpha value is -0.0800. The van der Waals surface area contributed by atoms with E-state index >= 15 is 0 Å². The van der Waals surface area contributed by atoms with Gasteiger partial charge in [-0.1, -0.05) is 20.8 Å². The van der Waals surface area contributed by atoms with E-state index in [-0.39, 0.29) is 0 Å². The molecule has 0 radical (unpaired) electrons. The van der Waals surface area contributed by atoms with Crippen LogP contribution in [0.3, 0.4) is 0 Å². The Morgan fingerprint density at radius 1 is 1.20 bits per heavy atom. The molecule has 1 aliphatic carbocycles. The van der Waals surface area contributed by atoms with Gasteiger partial charge in [0.1, 0.15) is 0 Å². The lowest BCUT2D eigenvalue weighted by molar-refractivity contribution is 0.120. The fourth-order valence-electron chi connectivity index (χ4n) is 2.68. The van der Waals surface area contributed by atoms with E-state index in [1.54, 1.807) is 0 Å². The number of rotatable bonds is 4. The Bertz CT molecular complexity index is 199. The van der Waals surface area contributed by atoms with Crippen molar-refractivity contribution in [1.29, 1.82) is 0 Å². The normalized spacial score (nSPS) is 33.6. The van der Waals surface area contributed by atoms with E-state index in [2.05, 4.69) is 31.0 Å². The maximum absolute atomic E-state index is 3.80. The molecule has 2 unspecified atom stereocenters. The van der Waals surface area contributed by atoms with Crippen molar-refractivity contribution in [3.8, 4) is 0 Å². The molecule has 0 aromatic rings. The van der Waals surface area contributed by atoms with Gasteiger partial charge in [0.15, 0.2) is 0 Å². The molecule has 1 saturated carbocycles. The van der Waals surface area contributed by atoms with Crippen LogP contribution >= 0.6 is 0 Å². The highest BCUT2D eigenvalue weighted by Gasteiger charge is 2.31. The van der Waals surface area contributed by atoms with E-state index < -0.39 is 0 Å². The summed E-state index contributed by atoms with van der Waals surface area (Å²) in [7, 11) is 0. The maximum Gasteiger partial charge on any atom is 0.0200 e. The van der Waals surface area contributed by atoms with Crippen molar-refractivity contribution in [2.45, 2.75) is 52.1 Å². The van der Waals surface area contributed by atoms with E-state index in [1.165, 1.54) is 38.9 Å². The zero-order valence-electron chi connectivity index (χ0n) is 10.5. The molecule has 0 bridgehead atoms. The van der Waals surface area contributed by atoms with Crippen LogP contribution in [0.25, 0.3) is 0 Å². The van der Waals surface area contributed by atoms with E-state index in [4.69, 9.17) is 0 Å². The molecule has 0 amide bonds. The minimum atomic E-state index is 0.763. The monoisotopic (exact) mass is 210 g/mol. The molecule has 1 saturated heterocycles. The van der Waals surface area contributed by atoms with Crippen LogP contribution in [0.15, 0.2) is 0 Å². The van der Waals surface area contributed by atoms with Crippen LogP contribution in [0.5, 0.6) is 0 Å². The summed E-state index contributed by atoms with van der Waals surface area (Å²) < 4.78 is 0. The second kappa shape index (κ2) is 4.84. The summed E-state index contributed by atoms with van der Waals surface area (Å²) >= 11 is 0. The quantitative estimate of drug-likeness (QED) is 0.764. The molecule has 1 heterocycles. The fraction of sp³-hybridized carbons (Fsp3) is 1.00. The average molecular weight is 210 g/mol. The minimum absolute atomic E-state index is 0.763. The maximum atomic E-state index is 3.80. The van der Waals surface area contributed by atoms with Gasteiger partial charge in [0.05, 0.1) is 0 Å². The predicted octanol–water partition coefficient (Wildman–Crippen LogP) is 2.10. The van der Waals surface area contributed by atoms with Gasteiger partial charge < -0.3 is 10.2 Å². The first-order chi connectivity index (χ1) is 7.19. The lowest BCUT2D eigenvalue weighted by atomic mass is 9.85. The third-order valence-electron chi connectivity index (χ3n) is 4.00. The molecule has 15 heavy (non-hydrogen) atoms. The van der Waals surface area contributed by atoms with Crippen molar-refractivity contribution in [2.24, 2.45) is 11.8 Å². The molecule has 2 heteroatoms. The molecule has 0 spiro atoms. The van der Waals surface area contributed by atoms with Crippen molar-refractivity contribution in [3.63, 3.8) is 0 Å². The fourth-order valence-corrected chi connectivity index (χ4v) is 2.68. The summed E-state index contributed by atoms with van der Waals surface area (Å²) in [6.07, 6.45) is 4.22. The lowest BCUT2D eigenvalue weighted by Crippen LogP contribution is -2.50. The molecule has 1 aliphatic heterocycles. The molecular formula is C13H26N2. The third-order valence-corrected chi connectivity index (χ3v) is 4.00. The summed E-state index contributed by atoms with van der Waals surface area (Å²) in [5.74, 6) is 1.73. The molecule has 2 rings (SSSR count). The molecular weight excluding hydrogens is 184 g/mol. The van der Waals surface area contributed by atoms with Crippen LogP contribution in [0.2, 0.25) is 0 Å². The van der Waals surface area contributed by atoms with Crippen molar-refractivity contribution in [2.75, 3.05) is 19.6 Å². The molecule has 2 fully saturated rings. The van der Waals surface area contributed by atoms with Crippen molar-refractivity contribution < 1.29 is 0 Å². The van der Waals surface area contributed by atoms with Crippen LogP contribution in [0.1, 0.15) is 40.0 Å². The zero-order chi connectivity index (χ0) is 10.8. The van der Waals surface area contributed by atoms with E-state index in [0.717, 1.165) is 23.9 Å². The molecule has 0 aromatic carbocycles. The van der Waals surface area contributed by atoms with Crippen molar-refractivity contribution in [3.05, 3.63) is 0 Å². The second-order valence-corrected chi connectivity index (χ2v) is 5.73. The Kier molecular flexibility index (Phi) is 3.68. The number of nitrogens with one attached hydrogen (secondary N) is 1. The minimum Gasteiger partial charge on any atom is -0.310 e. The number of piperidine rings is 1. The highest BCUT2D eigenvalue weighted by Crippen LogP contribution is 2.27. The molecule has 2 atom stereocenters. The molecule has 2 aliphatic rings. The number of hydrogen-bond acceptors (Lipinski definition) is 2. The number of hydrogen-bond donors (Lipinski definition) is 1. The van der Waals surface area contributed by atoms with Crippen molar-refractivity contribution >= 4 is 0 Å². The number of likely N-dealkylation sites (N-methyl/N-ethyl adjacent to an activating group) is 1. The largest absolute Gasteiger partial charge is 0.310 e. The highest BCUT2D eigenvalue weighted by atomic mass is 15.2. The first-order valence-electron chi connectivity index (χ1n) is 6.67. The summed E-state index contributed by atoms with van der Waals surface area (Å²) in [6.45, 7) is 10.8. The topological polar surface area (TPSA) is 15.3 Å². The first-order valence-corrected chi connectivity index (χ1v) is 6.67. The summed E-state index contributed by atoms with van der Waals surface area (Å²) in [4.78, 5) is 2.62. The van der Waals surface area contributed by atoms with Crippen LogP contribution < -0.4 is 5.32 Å². The van der Waals surface area contributed by atoms with Gasteiger partial charge in [-0.05, 0) is 37.6 Å². The predicted molar refractivity (Wildman–Crippen MR) is 65.0 cm³/mol. The molecule has 2 nitrogen and oxygen atoms in total. The summed E-state index contributed by atoms with van der Waals surface area (Å²) in [5, 5.41) is 3.80. The van der Waals surface area contributed by atoms with Crippen LogP contribution in [-0.4, -0.2) is 36.6 Å². The zero-order valence-corrected chi connectivity index (χ0v) is 10.5. The van der Waals surface area contributed by atoms with Crippen molar-refractivity contribution in [1.82, 2.24) is 10.2 Å². The SMILES string of the molecule is CCN1CC(NC2CC2)CC(C(C)C)C1. The van der Waals surface area contributed by atoms with Gasteiger partial charge in [-0.25, -0.2) is 0 Å². The third kappa shape index (κ3) is 3.18. The van der Waals surface area contributed by atoms with Gasteiger partial charge in [-0.15, -0.1) is 0 Å². The average Bonchev–Trinajstić information content (AvgIpc) is 3.01. The Balaban J connectivity index is 1.87. The second-order valence-electron chi connectivity index (χ2n) is 5.73. The van der Waals surface area contributed by atoms with Gasteiger partial charge in [0, 0.05) is 25.2 Å². The van der Waals surface area contributed by atoms with Crippen LogP contribution in [0, 0.1) is 11.8 Å². The summed E-state index contributed by atoms with van der Waals surface area (Å²) in [6, 6.07) is 1.62. The van der Waals surface area contributed by atoms with E-state index in [9.17, 15) is 0 Å². The molecule has 88 valence electrons. The Labute approximate surface area is 94.4 Å². The summed E-state index contributed by atoms with van der Waals surface area (Å²) in [5.41, 5.74) is 0. The van der Waals surface area contributed by atoms with Gasteiger partial charge in [-0.2, -0.15) is 0 Å². The molecule has 0 aromatic heterocycles. The number of nitrogens with zero attached hydrogens (tertiary/aromatic N) is 1. The van der Waals surface area contributed by atoms with Gasteiger partial charge in [-0.3, -0.25) is 0 Å². The van der Waals surface area contributed by atoms with E-state index in [1.807, 2.05) is 0 Å². The Morgan fingerprint density at radius 3 is 2.47 bits per heavy atom.